The summed E-state index contributed by atoms with van der Waals surface area (Å²) in [5, 5.41) is 2.88. The molecule has 46 heavy (non-hydrogen) atoms. The monoisotopic (exact) mass is 658 g/mol. The number of aromatic nitrogens is 2. The van der Waals surface area contributed by atoms with Gasteiger partial charge in [-0.2, -0.15) is 0 Å². The maximum Gasteiger partial charge on any atom is 0.409 e. The molecule has 14 heteroatoms. The van der Waals surface area contributed by atoms with Crippen molar-refractivity contribution in [2.45, 2.75) is 58.9 Å². The number of ether oxygens (including phenoxy) is 1. The Labute approximate surface area is 271 Å². The maximum atomic E-state index is 13.9. The Morgan fingerprint density at radius 3 is 2.20 bits per heavy atom. The van der Waals surface area contributed by atoms with E-state index in [-0.39, 0.29) is 50.5 Å². The van der Waals surface area contributed by atoms with Crippen molar-refractivity contribution in [3.05, 3.63) is 42.1 Å². The van der Waals surface area contributed by atoms with Gasteiger partial charge in [0, 0.05) is 50.9 Å². The average Bonchev–Trinajstić information content (AvgIpc) is 3.62. The topological polar surface area (TPSA) is 144 Å². The van der Waals surface area contributed by atoms with E-state index in [4.69, 9.17) is 18.8 Å². The van der Waals surface area contributed by atoms with Crippen LogP contribution >= 0.6 is 7.60 Å². The molecule has 0 aliphatic carbocycles. The van der Waals surface area contributed by atoms with E-state index in [1.165, 1.54) is 0 Å². The van der Waals surface area contributed by atoms with Crippen molar-refractivity contribution >= 4 is 31.3 Å². The number of amides is 3. The second-order valence-corrected chi connectivity index (χ2v) is 13.4. The van der Waals surface area contributed by atoms with E-state index >= 15 is 0 Å². The van der Waals surface area contributed by atoms with E-state index in [9.17, 15) is 18.9 Å². The van der Waals surface area contributed by atoms with Crippen LogP contribution in [0.4, 0.5) is 10.6 Å². The Bertz CT molecular complexity index is 1340. The van der Waals surface area contributed by atoms with Gasteiger partial charge in [0.05, 0.1) is 26.0 Å². The molecule has 3 heterocycles. The van der Waals surface area contributed by atoms with Crippen molar-refractivity contribution in [3.63, 3.8) is 0 Å². The van der Waals surface area contributed by atoms with Crippen LogP contribution in [0.25, 0.3) is 11.4 Å². The number of nitrogens with one attached hydrogen (secondary N) is 1. The molecule has 1 aromatic heterocycles. The standard InChI is InChI=1S/C32H47N6O7P/c1-4-7-22-43-32(41)38-20-18-37(19-21-38)31(40)26(15-23-46(42,44-5-2)45-6-3)34-30(39)27-24-28(36-16-11-12-17-36)35-29(33-27)25-13-9-8-10-14-25/h8-10,13-14,24,26H,4-7,11-12,15-23H2,1-3H3,(H,34,39). The fraction of sp³-hybridized carbons (Fsp3) is 0.594. The SMILES string of the molecule is CCCCOC(=O)N1CCN(C(=O)C(CCP(=O)(OCC)OCC)NC(=O)c2cc(N3CCCC3)nc(-c3ccccc3)n2)CC1. The van der Waals surface area contributed by atoms with Crippen molar-refractivity contribution in [3.8, 4) is 11.4 Å². The van der Waals surface area contributed by atoms with E-state index in [2.05, 4.69) is 15.2 Å². The van der Waals surface area contributed by atoms with Crippen LogP contribution in [-0.2, 0) is 23.1 Å². The third-order valence-corrected chi connectivity index (χ3v) is 10.0. The summed E-state index contributed by atoms with van der Waals surface area (Å²) < 4.78 is 29.6. The zero-order valence-electron chi connectivity index (χ0n) is 27.2. The summed E-state index contributed by atoms with van der Waals surface area (Å²) in [5.74, 6) is 0.179. The Balaban J connectivity index is 1.54. The molecular formula is C32H47N6O7P. The van der Waals surface area contributed by atoms with Gasteiger partial charge in [-0.25, -0.2) is 14.8 Å². The second-order valence-electron chi connectivity index (χ2n) is 11.3. The molecule has 0 radical (unpaired) electrons. The number of nitrogens with zero attached hydrogens (tertiary/aromatic N) is 5. The van der Waals surface area contributed by atoms with Gasteiger partial charge in [0.2, 0.25) is 5.91 Å². The van der Waals surface area contributed by atoms with Crippen LogP contribution in [0.3, 0.4) is 0 Å². The van der Waals surface area contributed by atoms with E-state index in [0.29, 0.717) is 31.3 Å². The first-order valence-electron chi connectivity index (χ1n) is 16.4. The first-order valence-corrected chi connectivity index (χ1v) is 18.1. The molecule has 2 aliphatic heterocycles. The summed E-state index contributed by atoms with van der Waals surface area (Å²) >= 11 is 0. The lowest BCUT2D eigenvalue weighted by atomic mass is 10.1. The molecule has 252 valence electrons. The fourth-order valence-electron chi connectivity index (χ4n) is 5.44. The normalized spacial score (nSPS) is 15.9. The van der Waals surface area contributed by atoms with Gasteiger partial charge in [-0.05, 0) is 39.5 Å². The third-order valence-electron chi connectivity index (χ3n) is 7.93. The van der Waals surface area contributed by atoms with E-state index in [0.717, 1.165) is 44.3 Å². The number of carbonyl (C=O) groups excluding carboxylic acids is 3. The minimum atomic E-state index is -3.50. The Hall–Kier alpha value is -3.54. The van der Waals surface area contributed by atoms with Crippen LogP contribution in [0.2, 0.25) is 0 Å². The number of piperazine rings is 1. The van der Waals surface area contributed by atoms with Gasteiger partial charge in [-0.1, -0.05) is 43.7 Å². The number of rotatable bonds is 15. The Morgan fingerprint density at radius 2 is 1.57 bits per heavy atom. The highest BCUT2D eigenvalue weighted by Gasteiger charge is 2.34. The highest BCUT2D eigenvalue weighted by Crippen LogP contribution is 2.48. The van der Waals surface area contributed by atoms with Crippen molar-refractivity contribution in [1.29, 1.82) is 0 Å². The van der Waals surface area contributed by atoms with Crippen LogP contribution in [-0.4, -0.2) is 109 Å². The third kappa shape index (κ3) is 9.73. The Kier molecular flexibility index (Phi) is 13.4. The lowest BCUT2D eigenvalue weighted by Gasteiger charge is -2.36. The molecule has 0 saturated carbocycles. The predicted molar refractivity (Wildman–Crippen MR) is 175 cm³/mol. The van der Waals surface area contributed by atoms with Crippen LogP contribution in [0.15, 0.2) is 36.4 Å². The first kappa shape index (κ1) is 35.3. The van der Waals surface area contributed by atoms with E-state index < -0.39 is 25.6 Å². The lowest BCUT2D eigenvalue weighted by Crippen LogP contribution is -2.56. The van der Waals surface area contributed by atoms with Crippen LogP contribution in [0, 0.1) is 0 Å². The quantitative estimate of drug-likeness (QED) is 0.213. The number of unbranched alkanes of at least 4 members (excludes halogenated alkanes) is 1. The van der Waals surface area contributed by atoms with Crippen molar-refractivity contribution in [1.82, 2.24) is 25.1 Å². The van der Waals surface area contributed by atoms with Crippen molar-refractivity contribution in [2.24, 2.45) is 0 Å². The summed E-state index contributed by atoms with van der Waals surface area (Å²) in [6, 6.07) is 10.1. The van der Waals surface area contributed by atoms with Gasteiger partial charge in [-0.15, -0.1) is 0 Å². The molecule has 0 spiro atoms. The number of benzene rings is 1. The van der Waals surface area contributed by atoms with Crippen molar-refractivity contribution in [2.75, 3.05) is 70.2 Å². The molecule has 0 bridgehead atoms. The van der Waals surface area contributed by atoms with E-state index in [1.807, 2.05) is 37.3 Å². The highest BCUT2D eigenvalue weighted by atomic mass is 31.2. The largest absolute Gasteiger partial charge is 0.449 e. The van der Waals surface area contributed by atoms with Crippen LogP contribution in [0.1, 0.15) is 63.4 Å². The molecular weight excluding hydrogens is 611 g/mol. The first-order chi connectivity index (χ1) is 22.3. The summed E-state index contributed by atoms with van der Waals surface area (Å²) in [6.07, 6.45) is 3.34. The summed E-state index contributed by atoms with van der Waals surface area (Å²) in [7, 11) is -3.50. The van der Waals surface area contributed by atoms with Crippen LogP contribution < -0.4 is 10.2 Å². The van der Waals surface area contributed by atoms with Gasteiger partial charge >= 0.3 is 13.7 Å². The minimum Gasteiger partial charge on any atom is -0.449 e. The molecule has 1 atom stereocenters. The smallest absolute Gasteiger partial charge is 0.409 e. The molecule has 2 saturated heterocycles. The summed E-state index contributed by atoms with van der Waals surface area (Å²) in [6.45, 7) is 9.00. The zero-order chi connectivity index (χ0) is 32.9. The lowest BCUT2D eigenvalue weighted by molar-refractivity contribution is -0.134. The van der Waals surface area contributed by atoms with Gasteiger partial charge < -0.3 is 33.8 Å². The van der Waals surface area contributed by atoms with Gasteiger partial charge in [0.15, 0.2) is 5.82 Å². The second kappa shape index (κ2) is 17.4. The molecule has 2 aliphatic rings. The molecule has 2 fully saturated rings. The van der Waals surface area contributed by atoms with Gasteiger partial charge in [0.1, 0.15) is 17.6 Å². The highest BCUT2D eigenvalue weighted by molar-refractivity contribution is 7.53. The molecule has 1 N–H and O–H groups in total. The zero-order valence-corrected chi connectivity index (χ0v) is 28.1. The Morgan fingerprint density at radius 1 is 0.913 bits per heavy atom. The number of hydrogen-bond acceptors (Lipinski definition) is 10. The minimum absolute atomic E-state index is 0.0245. The summed E-state index contributed by atoms with van der Waals surface area (Å²) in [4.78, 5) is 54.9. The summed E-state index contributed by atoms with van der Waals surface area (Å²) in [5.41, 5.74) is 0.900. The van der Waals surface area contributed by atoms with Crippen LogP contribution in [0.5, 0.6) is 0 Å². The molecule has 13 nitrogen and oxygen atoms in total. The van der Waals surface area contributed by atoms with Crippen molar-refractivity contribution < 1.29 is 32.7 Å². The molecule has 2 aromatic rings. The molecule has 1 aromatic carbocycles. The van der Waals surface area contributed by atoms with Gasteiger partial charge in [-0.3, -0.25) is 14.2 Å². The van der Waals surface area contributed by atoms with Gasteiger partial charge in [0.25, 0.3) is 5.91 Å². The maximum absolute atomic E-state index is 13.9. The predicted octanol–water partition coefficient (Wildman–Crippen LogP) is 4.58. The molecule has 4 rings (SSSR count). The number of anilines is 1. The van der Waals surface area contributed by atoms with E-state index in [1.54, 1.807) is 29.7 Å². The molecule has 3 amide bonds. The molecule has 1 unspecified atom stereocenters. The number of carbonyl (C=O) groups is 3. The number of hydrogen-bond donors (Lipinski definition) is 1. The average molecular weight is 659 g/mol. The fourth-order valence-corrected chi connectivity index (χ4v) is 7.13.